The molecule has 2 fully saturated rings. The fraction of sp³-hybridized carbons (Fsp3) is 0.464. The molecule has 2 aromatic rings. The summed E-state index contributed by atoms with van der Waals surface area (Å²) in [6.07, 6.45) is 11.1. The molecule has 0 amide bonds. The van der Waals surface area contributed by atoms with Crippen LogP contribution in [-0.2, 0) is 17.8 Å². The Labute approximate surface area is 180 Å². The summed E-state index contributed by atoms with van der Waals surface area (Å²) in [5.41, 5.74) is 5.73. The second-order valence-corrected chi connectivity index (χ2v) is 9.81. The van der Waals surface area contributed by atoms with Crippen LogP contribution in [0.5, 0.6) is 0 Å². The number of ketones is 1. The number of Topliss-reactive ketones (excluding diaryl/α,β-unsaturated/α-hetero) is 1. The van der Waals surface area contributed by atoms with Crippen LogP contribution in [0.3, 0.4) is 0 Å². The van der Waals surface area contributed by atoms with Gasteiger partial charge in [-0.2, -0.15) is 0 Å². The molecule has 2 saturated carbocycles. The highest BCUT2D eigenvalue weighted by atomic mass is 16.1. The number of hydrogen-bond donors (Lipinski definition) is 1. The van der Waals surface area contributed by atoms with E-state index in [1.165, 1.54) is 30.4 Å². The van der Waals surface area contributed by atoms with Gasteiger partial charge in [-0.05, 0) is 72.1 Å². The molecule has 0 unspecified atom stereocenters. The molecule has 0 bridgehead atoms. The van der Waals surface area contributed by atoms with Crippen LogP contribution in [0.25, 0.3) is 6.08 Å². The van der Waals surface area contributed by atoms with Crippen molar-refractivity contribution in [1.29, 1.82) is 0 Å². The predicted molar refractivity (Wildman–Crippen MR) is 123 cm³/mol. The molecule has 0 aromatic heterocycles. The van der Waals surface area contributed by atoms with E-state index in [1.54, 1.807) is 11.1 Å². The van der Waals surface area contributed by atoms with E-state index in [-0.39, 0.29) is 5.41 Å². The van der Waals surface area contributed by atoms with Crippen molar-refractivity contribution in [3.63, 3.8) is 0 Å². The van der Waals surface area contributed by atoms with Gasteiger partial charge in [-0.15, -0.1) is 0 Å². The van der Waals surface area contributed by atoms with E-state index in [2.05, 4.69) is 72.9 Å². The van der Waals surface area contributed by atoms with Crippen LogP contribution in [0.2, 0.25) is 0 Å². The van der Waals surface area contributed by atoms with E-state index >= 15 is 0 Å². The van der Waals surface area contributed by atoms with Crippen molar-refractivity contribution in [2.75, 3.05) is 6.54 Å². The summed E-state index contributed by atoms with van der Waals surface area (Å²) in [6.45, 7) is 4.05. The zero-order chi connectivity index (χ0) is 20.6. The normalized spacial score (nSPS) is 30.2. The third kappa shape index (κ3) is 3.56. The SMILES string of the molecule is C[C@]12CC[C@@H]3c4ccc(/C=C/CNCc5ccccc5)cc4CC[C@H]3[C@@H]1CCC2=O. The molecule has 0 saturated heterocycles. The van der Waals surface area contributed by atoms with Gasteiger partial charge in [0.15, 0.2) is 0 Å². The molecule has 4 atom stereocenters. The first-order valence-electron chi connectivity index (χ1n) is 11.7. The highest BCUT2D eigenvalue weighted by Gasteiger charge is 2.54. The molecule has 0 aliphatic heterocycles. The lowest BCUT2D eigenvalue weighted by atomic mass is 9.55. The molecule has 1 N–H and O–H groups in total. The lowest BCUT2D eigenvalue weighted by Crippen LogP contribution is -2.42. The molecule has 0 spiro atoms. The van der Waals surface area contributed by atoms with Crippen LogP contribution in [0.15, 0.2) is 54.6 Å². The number of nitrogens with one attached hydrogen (secondary N) is 1. The summed E-state index contributed by atoms with van der Waals surface area (Å²) >= 11 is 0. The molecule has 2 nitrogen and oxygen atoms in total. The lowest BCUT2D eigenvalue weighted by Gasteiger charge is -2.48. The maximum absolute atomic E-state index is 12.5. The molecule has 3 aliphatic carbocycles. The van der Waals surface area contributed by atoms with Gasteiger partial charge in [0.25, 0.3) is 0 Å². The molecule has 0 radical (unpaired) electrons. The van der Waals surface area contributed by atoms with Gasteiger partial charge in [0, 0.05) is 24.9 Å². The minimum absolute atomic E-state index is 0.0197. The fourth-order valence-electron chi connectivity index (χ4n) is 6.57. The Morgan fingerprint density at radius 2 is 1.93 bits per heavy atom. The Kier molecular flexibility index (Phi) is 5.37. The predicted octanol–water partition coefficient (Wildman–Crippen LogP) is 5.91. The Balaban J connectivity index is 1.23. The second kappa shape index (κ2) is 8.15. The molecule has 3 aliphatic rings. The lowest BCUT2D eigenvalue weighted by molar-refractivity contribution is -0.129. The second-order valence-electron chi connectivity index (χ2n) is 9.81. The number of rotatable bonds is 5. The molecular formula is C28H33NO. The van der Waals surface area contributed by atoms with Gasteiger partial charge in [-0.1, -0.05) is 67.6 Å². The fourth-order valence-corrected chi connectivity index (χ4v) is 6.57. The van der Waals surface area contributed by atoms with Crippen LogP contribution < -0.4 is 5.32 Å². The number of carbonyl (C=O) groups is 1. The highest BCUT2D eigenvalue weighted by molar-refractivity contribution is 5.87. The topological polar surface area (TPSA) is 29.1 Å². The monoisotopic (exact) mass is 399 g/mol. The largest absolute Gasteiger partial charge is 0.309 e. The number of aryl methyl sites for hydroxylation is 1. The first-order chi connectivity index (χ1) is 14.6. The molecule has 156 valence electrons. The van der Waals surface area contributed by atoms with E-state index in [1.807, 2.05) is 0 Å². The van der Waals surface area contributed by atoms with Crippen molar-refractivity contribution in [1.82, 2.24) is 5.32 Å². The maximum Gasteiger partial charge on any atom is 0.139 e. The number of fused-ring (bicyclic) bond motifs is 5. The summed E-state index contributed by atoms with van der Waals surface area (Å²) in [7, 11) is 0. The van der Waals surface area contributed by atoms with Gasteiger partial charge in [0.2, 0.25) is 0 Å². The van der Waals surface area contributed by atoms with Crippen LogP contribution >= 0.6 is 0 Å². The third-order valence-electron chi connectivity index (χ3n) is 8.20. The molecule has 30 heavy (non-hydrogen) atoms. The van der Waals surface area contributed by atoms with Crippen molar-refractivity contribution < 1.29 is 4.79 Å². The smallest absolute Gasteiger partial charge is 0.139 e. The molecule has 5 rings (SSSR count). The minimum atomic E-state index is -0.0197. The zero-order valence-corrected chi connectivity index (χ0v) is 18.1. The van der Waals surface area contributed by atoms with Crippen molar-refractivity contribution in [2.24, 2.45) is 17.3 Å². The summed E-state index contributed by atoms with van der Waals surface area (Å²) in [4.78, 5) is 12.5. The third-order valence-corrected chi connectivity index (χ3v) is 8.20. The van der Waals surface area contributed by atoms with Crippen molar-refractivity contribution >= 4 is 11.9 Å². The standard InChI is InChI=1S/C28H33NO/c1-28-16-15-24-23-11-9-20(8-5-17-29-19-21-6-3-2-4-7-21)18-22(23)10-12-25(24)26(28)13-14-27(28)30/h2-9,11,18,24-26,29H,10,12-17,19H2,1H3/b8-5+/t24-,25-,26+,28+/m1/s1. The molecule has 2 aromatic carbocycles. The number of benzene rings is 2. The number of carbonyl (C=O) groups excluding carboxylic acids is 1. The Bertz CT molecular complexity index is 946. The first kappa shape index (κ1) is 19.8. The van der Waals surface area contributed by atoms with E-state index in [0.29, 0.717) is 23.5 Å². The number of hydrogen-bond acceptors (Lipinski definition) is 2. The van der Waals surface area contributed by atoms with E-state index < -0.39 is 0 Å². The van der Waals surface area contributed by atoms with Crippen LogP contribution in [0.1, 0.15) is 67.2 Å². The van der Waals surface area contributed by atoms with Gasteiger partial charge >= 0.3 is 0 Å². The Morgan fingerprint density at radius 1 is 1.07 bits per heavy atom. The van der Waals surface area contributed by atoms with Crippen LogP contribution in [0, 0.1) is 17.3 Å². The van der Waals surface area contributed by atoms with Gasteiger partial charge in [-0.25, -0.2) is 0 Å². The van der Waals surface area contributed by atoms with E-state index in [0.717, 1.165) is 32.4 Å². The van der Waals surface area contributed by atoms with E-state index in [4.69, 9.17) is 0 Å². The summed E-state index contributed by atoms with van der Waals surface area (Å²) in [6, 6.07) is 17.6. The molecular weight excluding hydrogens is 366 g/mol. The molecule has 0 heterocycles. The summed E-state index contributed by atoms with van der Waals surface area (Å²) < 4.78 is 0. The quantitative estimate of drug-likeness (QED) is 0.633. The van der Waals surface area contributed by atoms with Gasteiger partial charge in [-0.3, -0.25) is 4.79 Å². The first-order valence-corrected chi connectivity index (χ1v) is 11.7. The zero-order valence-electron chi connectivity index (χ0n) is 18.1. The van der Waals surface area contributed by atoms with E-state index in [9.17, 15) is 4.79 Å². The maximum atomic E-state index is 12.5. The van der Waals surface area contributed by atoms with Gasteiger partial charge in [0.05, 0.1) is 0 Å². The van der Waals surface area contributed by atoms with Gasteiger partial charge < -0.3 is 5.32 Å². The van der Waals surface area contributed by atoms with Crippen molar-refractivity contribution in [3.05, 3.63) is 76.9 Å². The minimum Gasteiger partial charge on any atom is -0.309 e. The highest BCUT2D eigenvalue weighted by Crippen LogP contribution is 2.59. The Morgan fingerprint density at radius 3 is 2.80 bits per heavy atom. The van der Waals surface area contributed by atoms with Crippen molar-refractivity contribution in [3.8, 4) is 0 Å². The average molecular weight is 400 g/mol. The van der Waals surface area contributed by atoms with Crippen LogP contribution in [-0.4, -0.2) is 12.3 Å². The summed E-state index contributed by atoms with van der Waals surface area (Å²) in [5.74, 6) is 2.54. The van der Waals surface area contributed by atoms with Crippen LogP contribution in [0.4, 0.5) is 0 Å². The molecule has 2 heteroatoms. The Hall–Kier alpha value is -2.19. The summed E-state index contributed by atoms with van der Waals surface area (Å²) in [5, 5.41) is 3.49. The average Bonchev–Trinajstić information content (AvgIpc) is 3.08. The van der Waals surface area contributed by atoms with Gasteiger partial charge in [0.1, 0.15) is 5.78 Å². The van der Waals surface area contributed by atoms with Crippen molar-refractivity contribution in [2.45, 2.75) is 57.9 Å².